The number of carbonyl (C=O) groups is 1. The van der Waals surface area contributed by atoms with E-state index in [0.29, 0.717) is 5.92 Å². The number of aromatic amines is 2. The van der Waals surface area contributed by atoms with Crippen molar-refractivity contribution in [2.45, 2.75) is 37.8 Å². The van der Waals surface area contributed by atoms with Crippen LogP contribution in [0.4, 0.5) is 5.69 Å². The Morgan fingerprint density at radius 1 is 1.06 bits per heavy atom. The fourth-order valence-corrected chi connectivity index (χ4v) is 4.22. The number of hydrogen-bond acceptors (Lipinski definition) is 5. The van der Waals surface area contributed by atoms with Crippen molar-refractivity contribution >= 4 is 11.6 Å². The number of aromatic nitrogens is 2. The Morgan fingerprint density at radius 2 is 1.81 bits per heavy atom. The topological polar surface area (TPSA) is 141 Å². The Hall–Kier alpha value is -3.65. The highest BCUT2D eigenvalue weighted by Crippen LogP contribution is 2.35. The first-order valence-electron chi connectivity index (χ1n) is 10.2. The van der Waals surface area contributed by atoms with Crippen LogP contribution in [-0.4, -0.2) is 27.0 Å². The van der Waals surface area contributed by atoms with Gasteiger partial charge >= 0.3 is 5.69 Å². The molecule has 8 heteroatoms. The lowest BCUT2D eigenvalue weighted by atomic mass is 9.93. The molecule has 1 fully saturated rings. The van der Waals surface area contributed by atoms with Gasteiger partial charge in [-0.15, -0.1) is 0 Å². The van der Waals surface area contributed by atoms with Crippen LogP contribution in [-0.2, 0) is 6.61 Å². The van der Waals surface area contributed by atoms with E-state index in [-0.39, 0.29) is 24.0 Å². The zero-order valence-corrected chi connectivity index (χ0v) is 16.9. The van der Waals surface area contributed by atoms with Crippen molar-refractivity contribution < 1.29 is 9.90 Å². The quantitative estimate of drug-likeness (QED) is 0.428. The predicted molar refractivity (Wildman–Crippen MR) is 118 cm³/mol. The van der Waals surface area contributed by atoms with Gasteiger partial charge in [0.25, 0.3) is 11.5 Å². The number of aliphatic hydroxyl groups is 1. The summed E-state index contributed by atoms with van der Waals surface area (Å²) >= 11 is 0. The third-order valence-electron chi connectivity index (χ3n) is 5.86. The summed E-state index contributed by atoms with van der Waals surface area (Å²) in [4.78, 5) is 39.9. The summed E-state index contributed by atoms with van der Waals surface area (Å²) in [6.45, 7) is -0.00894. The molecule has 31 heavy (non-hydrogen) atoms. The van der Waals surface area contributed by atoms with Gasteiger partial charge in [-0.05, 0) is 47.4 Å². The van der Waals surface area contributed by atoms with E-state index in [1.54, 1.807) is 0 Å². The molecule has 0 saturated heterocycles. The van der Waals surface area contributed by atoms with Gasteiger partial charge in [0, 0.05) is 6.04 Å². The van der Waals surface area contributed by atoms with E-state index < -0.39 is 17.2 Å². The maximum absolute atomic E-state index is 12.5. The molecule has 6 N–H and O–H groups in total. The van der Waals surface area contributed by atoms with E-state index in [4.69, 9.17) is 5.73 Å². The zero-order chi connectivity index (χ0) is 22.0. The summed E-state index contributed by atoms with van der Waals surface area (Å²) in [5, 5.41) is 12.4. The Morgan fingerprint density at radius 3 is 2.55 bits per heavy atom. The first-order chi connectivity index (χ1) is 15.0. The van der Waals surface area contributed by atoms with Gasteiger partial charge in [-0.2, -0.15) is 0 Å². The lowest BCUT2D eigenvalue weighted by Gasteiger charge is -2.15. The van der Waals surface area contributed by atoms with Crippen molar-refractivity contribution in [3.8, 4) is 11.1 Å². The smallest absolute Gasteiger partial charge is 0.326 e. The fraction of sp³-hybridized carbons (Fsp3) is 0.261. The predicted octanol–water partition coefficient (Wildman–Crippen LogP) is 1.87. The number of nitrogens with two attached hydrogens (primary N) is 1. The first kappa shape index (κ1) is 20.6. The molecule has 4 rings (SSSR count). The van der Waals surface area contributed by atoms with Crippen molar-refractivity contribution in [1.82, 2.24) is 15.3 Å². The molecular formula is C23H24N4O4. The normalized spacial score (nSPS) is 18.1. The molecule has 1 saturated carbocycles. The monoisotopic (exact) mass is 420 g/mol. The number of amides is 1. The van der Waals surface area contributed by atoms with E-state index >= 15 is 0 Å². The Balaban J connectivity index is 1.44. The van der Waals surface area contributed by atoms with Crippen molar-refractivity contribution in [1.29, 1.82) is 0 Å². The Labute approximate surface area is 178 Å². The van der Waals surface area contributed by atoms with Gasteiger partial charge in [-0.1, -0.05) is 48.5 Å². The number of nitrogen functional groups attached to an aromatic ring is 1. The average molecular weight is 420 g/mol. The van der Waals surface area contributed by atoms with Crippen LogP contribution in [0.15, 0.2) is 58.1 Å². The fourth-order valence-electron chi connectivity index (χ4n) is 4.22. The lowest BCUT2D eigenvalue weighted by Crippen LogP contribution is -2.37. The minimum absolute atomic E-state index is 0.00894. The highest BCUT2D eigenvalue weighted by atomic mass is 16.3. The van der Waals surface area contributed by atoms with Crippen LogP contribution < -0.4 is 22.3 Å². The van der Waals surface area contributed by atoms with Crippen molar-refractivity contribution in [2.24, 2.45) is 0 Å². The number of benzene rings is 2. The van der Waals surface area contributed by atoms with Crippen LogP contribution >= 0.6 is 0 Å². The van der Waals surface area contributed by atoms with Gasteiger partial charge < -0.3 is 21.1 Å². The second-order valence-electron chi connectivity index (χ2n) is 7.81. The Kier molecular flexibility index (Phi) is 5.73. The molecular weight excluding hydrogens is 396 g/mol. The van der Waals surface area contributed by atoms with Gasteiger partial charge in [0.2, 0.25) is 0 Å². The minimum Gasteiger partial charge on any atom is -0.392 e. The Bertz CT molecular complexity index is 1210. The molecule has 0 spiro atoms. The van der Waals surface area contributed by atoms with E-state index in [9.17, 15) is 19.5 Å². The molecule has 1 aliphatic carbocycles. The molecule has 1 amide bonds. The number of aliphatic hydroxyl groups excluding tert-OH is 1. The maximum Gasteiger partial charge on any atom is 0.326 e. The third kappa shape index (κ3) is 4.29. The summed E-state index contributed by atoms with van der Waals surface area (Å²) in [5.41, 5.74) is 7.72. The largest absolute Gasteiger partial charge is 0.392 e. The minimum atomic E-state index is -0.777. The number of rotatable bonds is 5. The molecule has 1 heterocycles. The second-order valence-corrected chi connectivity index (χ2v) is 7.81. The van der Waals surface area contributed by atoms with Crippen LogP contribution in [0.2, 0.25) is 0 Å². The highest BCUT2D eigenvalue weighted by molar-refractivity contribution is 5.97. The molecule has 1 aliphatic rings. The third-order valence-corrected chi connectivity index (χ3v) is 5.86. The van der Waals surface area contributed by atoms with Gasteiger partial charge in [-0.3, -0.25) is 14.6 Å². The van der Waals surface area contributed by atoms with E-state index in [2.05, 4.69) is 34.6 Å². The summed E-state index contributed by atoms with van der Waals surface area (Å²) in [6.07, 6.45) is 2.46. The number of carbonyl (C=O) groups excluding carboxylic acids is 1. The van der Waals surface area contributed by atoms with E-state index in [1.165, 1.54) is 5.56 Å². The van der Waals surface area contributed by atoms with Gasteiger partial charge in [-0.25, -0.2) is 4.79 Å². The molecule has 2 aromatic carbocycles. The van der Waals surface area contributed by atoms with Crippen LogP contribution in [0.1, 0.15) is 46.8 Å². The van der Waals surface area contributed by atoms with Crippen molar-refractivity contribution in [3.63, 3.8) is 0 Å². The molecule has 8 nitrogen and oxygen atoms in total. The summed E-state index contributed by atoms with van der Waals surface area (Å²) in [7, 11) is 0. The lowest BCUT2D eigenvalue weighted by molar-refractivity contribution is 0.0933. The van der Waals surface area contributed by atoms with Crippen molar-refractivity contribution in [3.05, 3.63) is 86.2 Å². The molecule has 0 bridgehead atoms. The molecule has 0 radical (unpaired) electrons. The number of hydrogen-bond donors (Lipinski definition) is 5. The molecule has 3 aromatic rings. The van der Waals surface area contributed by atoms with Gasteiger partial charge in [0.05, 0.1) is 6.61 Å². The van der Waals surface area contributed by atoms with Crippen molar-refractivity contribution in [2.75, 3.05) is 5.73 Å². The molecule has 160 valence electrons. The summed E-state index contributed by atoms with van der Waals surface area (Å²) < 4.78 is 0. The average Bonchev–Trinajstić information content (AvgIpc) is 3.24. The molecule has 2 atom stereocenters. The number of H-pyrrole nitrogens is 2. The SMILES string of the molecule is Nc1c(C(=O)N[C@H]2CC[C@@H](c3ccc(-c4ccccc4CO)cc3)C2)[nH]c(=O)[nH]c1=O. The first-order valence-corrected chi connectivity index (χ1v) is 10.2. The van der Waals surface area contributed by atoms with Crippen LogP contribution in [0.5, 0.6) is 0 Å². The number of anilines is 1. The van der Waals surface area contributed by atoms with Gasteiger partial charge in [0.1, 0.15) is 11.4 Å². The highest BCUT2D eigenvalue weighted by Gasteiger charge is 2.28. The molecule has 0 unspecified atom stereocenters. The zero-order valence-electron chi connectivity index (χ0n) is 16.9. The van der Waals surface area contributed by atoms with Crippen LogP contribution in [0.3, 0.4) is 0 Å². The number of nitrogens with one attached hydrogen (secondary N) is 3. The second kappa shape index (κ2) is 8.61. The van der Waals surface area contributed by atoms with E-state index in [1.807, 2.05) is 29.2 Å². The molecule has 1 aromatic heterocycles. The maximum atomic E-state index is 12.5. The van der Waals surface area contributed by atoms with Crippen LogP contribution in [0.25, 0.3) is 11.1 Å². The standard InChI is InChI=1S/C23H24N4O4/c24-19-20(26-23(31)27-21(19)29)22(30)25-17-10-9-15(11-17)13-5-7-14(8-6-13)18-4-2-1-3-16(18)12-28/h1-8,15,17,28H,9-12,24H2,(H,25,30)(H2,26,27,29,31)/t15-,17+/m1/s1. The summed E-state index contributed by atoms with van der Waals surface area (Å²) in [5.74, 6) is -0.259. The van der Waals surface area contributed by atoms with E-state index in [0.717, 1.165) is 36.0 Å². The van der Waals surface area contributed by atoms with Gasteiger partial charge in [0.15, 0.2) is 0 Å². The molecule has 0 aliphatic heterocycles. The van der Waals surface area contributed by atoms with Crippen LogP contribution in [0, 0.1) is 0 Å². The summed E-state index contributed by atoms with van der Waals surface area (Å²) in [6, 6.07) is 16.0.